The van der Waals surface area contributed by atoms with Gasteiger partial charge in [-0.2, -0.15) is 9.97 Å². The molecule has 14 nitrogen and oxygen atoms in total. The fourth-order valence-corrected chi connectivity index (χ4v) is 6.91. The van der Waals surface area contributed by atoms with Gasteiger partial charge in [0.05, 0.1) is 20.0 Å². The van der Waals surface area contributed by atoms with E-state index < -0.39 is 31.7 Å². The number of nitrogens with one attached hydrogen (secondary N) is 1. The highest BCUT2D eigenvalue weighted by Gasteiger charge is 2.60. The van der Waals surface area contributed by atoms with E-state index in [2.05, 4.69) is 30.1 Å². The normalized spacial score (nSPS) is 34.4. The molecule has 3 fully saturated rings. The Hall–Kier alpha value is -2.47. The van der Waals surface area contributed by atoms with Crippen LogP contribution in [0.4, 0.5) is 5.95 Å². The number of aromatic nitrogens is 4. The van der Waals surface area contributed by atoms with Gasteiger partial charge in [0.15, 0.2) is 17.4 Å². The molecule has 5 atom stereocenters. The number of ether oxygens (including phenoxy) is 2. The minimum Gasteiger partial charge on any atom is -0.479 e. The number of nitrogens with two attached hydrogens (primary N) is 1. The van der Waals surface area contributed by atoms with Crippen LogP contribution in [0.25, 0.3) is 21.6 Å². The van der Waals surface area contributed by atoms with Crippen LogP contribution in [0.15, 0.2) is 11.4 Å². The SMILES string of the molecule is COc1nc(N)nc2c1ncn2[C@@H]1O[C@@H]2COP(=O)(NC3CCCCCC3)O[C@H]2[C@@]1(C)N=[N+]=[N-]. The molecule has 15 heteroatoms. The molecular formula is C19H28N9O5P. The Bertz CT molecular complexity index is 1160. The summed E-state index contributed by atoms with van der Waals surface area (Å²) in [5.74, 6) is 0.197. The Morgan fingerprint density at radius 3 is 2.82 bits per heavy atom. The maximum absolute atomic E-state index is 13.6. The van der Waals surface area contributed by atoms with Gasteiger partial charge in [-0.3, -0.25) is 13.6 Å². The van der Waals surface area contributed by atoms with Gasteiger partial charge >= 0.3 is 7.75 Å². The van der Waals surface area contributed by atoms with Gasteiger partial charge in [0.25, 0.3) is 0 Å². The van der Waals surface area contributed by atoms with E-state index in [9.17, 15) is 10.1 Å². The van der Waals surface area contributed by atoms with Crippen molar-refractivity contribution in [3.8, 4) is 5.88 Å². The molecule has 5 rings (SSSR count). The highest BCUT2D eigenvalue weighted by Crippen LogP contribution is 2.57. The predicted octanol–water partition coefficient (Wildman–Crippen LogP) is 3.22. The third-order valence-electron chi connectivity index (χ3n) is 6.69. The van der Waals surface area contributed by atoms with E-state index in [4.69, 9.17) is 24.3 Å². The summed E-state index contributed by atoms with van der Waals surface area (Å²) in [4.78, 5) is 15.7. The second-order valence-electron chi connectivity index (χ2n) is 8.99. The van der Waals surface area contributed by atoms with Gasteiger partial charge in [-0.15, -0.1) is 0 Å². The monoisotopic (exact) mass is 493 g/mol. The summed E-state index contributed by atoms with van der Waals surface area (Å²) in [6.07, 6.45) is 5.41. The fraction of sp³-hybridized carbons (Fsp3) is 0.737. The lowest BCUT2D eigenvalue weighted by Gasteiger charge is -2.37. The van der Waals surface area contributed by atoms with E-state index in [0.29, 0.717) is 11.2 Å². The first-order valence-electron chi connectivity index (χ1n) is 11.3. The lowest BCUT2D eigenvalue weighted by atomic mass is 9.93. The quantitative estimate of drug-likeness (QED) is 0.206. The average molecular weight is 493 g/mol. The molecule has 1 unspecified atom stereocenters. The summed E-state index contributed by atoms with van der Waals surface area (Å²) >= 11 is 0. The maximum Gasteiger partial charge on any atom is 0.406 e. The van der Waals surface area contributed by atoms with Gasteiger partial charge in [0, 0.05) is 11.0 Å². The van der Waals surface area contributed by atoms with E-state index in [1.165, 1.54) is 13.4 Å². The molecule has 184 valence electrons. The average Bonchev–Trinajstić information content (AvgIpc) is 3.21. The van der Waals surface area contributed by atoms with Crippen LogP contribution in [-0.4, -0.2) is 57.0 Å². The first kappa shape index (κ1) is 23.3. The van der Waals surface area contributed by atoms with Crippen LogP contribution in [0.1, 0.15) is 51.7 Å². The van der Waals surface area contributed by atoms with E-state index in [1.807, 2.05) is 0 Å². The van der Waals surface area contributed by atoms with E-state index in [1.54, 1.807) is 11.5 Å². The van der Waals surface area contributed by atoms with Crippen molar-refractivity contribution < 1.29 is 23.1 Å². The van der Waals surface area contributed by atoms with Crippen molar-refractivity contribution in [2.24, 2.45) is 5.11 Å². The number of hydrogen-bond donors (Lipinski definition) is 2. The lowest BCUT2D eigenvalue weighted by molar-refractivity contribution is -0.0589. The third-order valence-corrected chi connectivity index (χ3v) is 8.36. The van der Waals surface area contributed by atoms with Gasteiger partial charge < -0.3 is 15.2 Å². The van der Waals surface area contributed by atoms with Crippen LogP contribution in [0.2, 0.25) is 0 Å². The van der Waals surface area contributed by atoms with Crippen LogP contribution < -0.4 is 15.6 Å². The van der Waals surface area contributed by atoms with Gasteiger partial charge in [-0.05, 0) is 25.3 Å². The smallest absolute Gasteiger partial charge is 0.406 e. The summed E-state index contributed by atoms with van der Waals surface area (Å²) in [6.45, 7) is 1.71. The highest BCUT2D eigenvalue weighted by atomic mass is 31.2. The number of imidazole rings is 1. The molecule has 2 aliphatic heterocycles. The molecule has 1 aliphatic carbocycles. The molecule has 0 aromatic carbocycles. The molecule has 2 aromatic heterocycles. The third kappa shape index (κ3) is 4.00. The zero-order valence-electron chi connectivity index (χ0n) is 19.0. The van der Waals surface area contributed by atoms with Gasteiger partial charge in [0.2, 0.25) is 11.8 Å². The van der Waals surface area contributed by atoms with Crippen molar-refractivity contribution in [1.82, 2.24) is 24.6 Å². The number of fused-ring (bicyclic) bond motifs is 2. The number of methoxy groups -OCH3 is 1. The standard InChI is InChI=1S/C19H28N9O5P/c1-19(26-27-21)14-12(9-31-34(29,33-14)25-11-7-5-3-4-6-8-11)32-17(19)28-10-22-13-15(28)23-18(20)24-16(13)30-2/h10-12,14,17H,3-9H2,1-2H3,(H,25,29)(H2,20,23,24)/t12-,14-,17-,19-,34?/m1/s1. The number of anilines is 1. The number of azide groups is 1. The van der Waals surface area contributed by atoms with Gasteiger partial charge in [0.1, 0.15) is 17.7 Å². The van der Waals surface area contributed by atoms with Crippen molar-refractivity contribution in [2.75, 3.05) is 19.5 Å². The summed E-state index contributed by atoms with van der Waals surface area (Å²) in [6, 6.07) is 0.0402. The van der Waals surface area contributed by atoms with E-state index >= 15 is 0 Å². The Balaban J connectivity index is 1.47. The molecule has 4 heterocycles. The highest BCUT2D eigenvalue weighted by molar-refractivity contribution is 7.51. The molecule has 0 bridgehead atoms. The van der Waals surface area contributed by atoms with Crippen molar-refractivity contribution in [3.05, 3.63) is 16.8 Å². The largest absolute Gasteiger partial charge is 0.479 e. The lowest BCUT2D eigenvalue weighted by Crippen LogP contribution is -2.48. The number of nitrogens with zero attached hydrogens (tertiary/aromatic N) is 7. The zero-order valence-corrected chi connectivity index (χ0v) is 19.9. The first-order valence-corrected chi connectivity index (χ1v) is 12.9. The molecule has 0 amide bonds. The van der Waals surface area contributed by atoms with Crippen LogP contribution in [0.5, 0.6) is 5.88 Å². The molecule has 0 radical (unpaired) electrons. The zero-order chi connectivity index (χ0) is 23.9. The Morgan fingerprint density at radius 1 is 1.35 bits per heavy atom. The Morgan fingerprint density at radius 2 is 2.12 bits per heavy atom. The second-order valence-corrected chi connectivity index (χ2v) is 10.7. The van der Waals surface area contributed by atoms with Crippen LogP contribution in [0.3, 0.4) is 0 Å². The van der Waals surface area contributed by atoms with Crippen molar-refractivity contribution in [3.63, 3.8) is 0 Å². The predicted molar refractivity (Wildman–Crippen MR) is 121 cm³/mol. The minimum absolute atomic E-state index is 0.0105. The van der Waals surface area contributed by atoms with Gasteiger partial charge in [-0.25, -0.2) is 14.6 Å². The Kier molecular flexibility index (Phi) is 6.13. The van der Waals surface area contributed by atoms with Crippen LogP contribution >= 0.6 is 7.75 Å². The molecule has 3 N–H and O–H groups in total. The van der Waals surface area contributed by atoms with Crippen molar-refractivity contribution in [1.29, 1.82) is 0 Å². The van der Waals surface area contributed by atoms with Crippen LogP contribution in [-0.2, 0) is 18.3 Å². The molecule has 2 aromatic rings. The topological polar surface area (TPSA) is 184 Å². The first-order chi connectivity index (χ1) is 16.4. The van der Waals surface area contributed by atoms with Crippen LogP contribution in [0, 0.1) is 0 Å². The summed E-state index contributed by atoms with van der Waals surface area (Å²) in [5.41, 5.74) is 14.7. The molecular weight excluding hydrogens is 465 g/mol. The fourth-order valence-electron chi connectivity index (χ4n) is 5.01. The Labute approximate surface area is 195 Å². The minimum atomic E-state index is -3.65. The molecule has 1 saturated carbocycles. The van der Waals surface area contributed by atoms with E-state index in [0.717, 1.165) is 38.5 Å². The molecule has 3 aliphatic rings. The number of hydrogen-bond acceptors (Lipinski definition) is 10. The molecule has 34 heavy (non-hydrogen) atoms. The number of nitrogen functional groups attached to an aromatic ring is 1. The number of rotatable bonds is 5. The summed E-state index contributed by atoms with van der Waals surface area (Å²) in [7, 11) is -2.20. The van der Waals surface area contributed by atoms with Crippen molar-refractivity contribution in [2.45, 2.75) is 75.5 Å². The van der Waals surface area contributed by atoms with E-state index in [-0.39, 0.29) is 24.5 Å². The molecule has 0 spiro atoms. The van der Waals surface area contributed by atoms with Crippen molar-refractivity contribution >= 4 is 24.9 Å². The maximum atomic E-state index is 13.6. The van der Waals surface area contributed by atoms with Gasteiger partial charge in [-0.1, -0.05) is 30.8 Å². The summed E-state index contributed by atoms with van der Waals surface area (Å²) in [5, 5.41) is 7.16. The second kappa shape index (κ2) is 8.95. The summed E-state index contributed by atoms with van der Waals surface area (Å²) < 4.78 is 38.4. The molecule has 2 saturated heterocycles.